The quantitative estimate of drug-likeness (QED) is 0.167. The topological polar surface area (TPSA) is 140 Å². The standard InChI is InChI=1S/C36H42ClF3N4O5/c1-20(2)29(24-10-14-26(37)15-11-24)34(47)42-28(18-22-6-8-23(19-41)9-7-22)33(46)44-31(25-12-16-27(49-5)17-13-25)35(48)43-30(21(3)4)32(45)36(38,39)40/h6-17,20-21,28-31H,18-19,41H2,1-5H3,(H,42,47)(H,43,48)(H,44,46). The molecule has 3 amide bonds. The van der Waals surface area contributed by atoms with E-state index in [4.69, 9.17) is 22.1 Å². The lowest BCUT2D eigenvalue weighted by Gasteiger charge is -2.28. The third kappa shape index (κ3) is 10.8. The van der Waals surface area contributed by atoms with Crippen molar-refractivity contribution in [2.75, 3.05) is 7.11 Å². The number of hydrogen-bond donors (Lipinski definition) is 4. The van der Waals surface area contributed by atoms with Crippen LogP contribution in [0.4, 0.5) is 13.2 Å². The second-order valence-electron chi connectivity index (χ2n) is 12.4. The minimum Gasteiger partial charge on any atom is -0.497 e. The average Bonchev–Trinajstić information content (AvgIpc) is 3.06. The third-order valence-corrected chi connectivity index (χ3v) is 8.29. The molecule has 0 aromatic heterocycles. The highest BCUT2D eigenvalue weighted by Gasteiger charge is 2.45. The number of nitrogens with one attached hydrogen (secondary N) is 3. The van der Waals surface area contributed by atoms with E-state index in [-0.39, 0.29) is 17.9 Å². The summed E-state index contributed by atoms with van der Waals surface area (Å²) in [5.74, 6) is -5.77. The molecule has 264 valence electrons. The van der Waals surface area contributed by atoms with E-state index in [2.05, 4.69) is 16.0 Å². The van der Waals surface area contributed by atoms with Crippen LogP contribution in [0.1, 0.15) is 61.9 Å². The number of carbonyl (C=O) groups is 4. The molecule has 0 aliphatic rings. The van der Waals surface area contributed by atoms with E-state index in [0.717, 1.165) is 5.56 Å². The lowest BCUT2D eigenvalue weighted by Crippen LogP contribution is -2.55. The monoisotopic (exact) mass is 702 g/mol. The van der Waals surface area contributed by atoms with Gasteiger partial charge in [-0.15, -0.1) is 0 Å². The summed E-state index contributed by atoms with van der Waals surface area (Å²) in [4.78, 5) is 53.8. The second kappa shape index (κ2) is 17.3. The van der Waals surface area contributed by atoms with E-state index >= 15 is 0 Å². The molecule has 0 heterocycles. The lowest BCUT2D eigenvalue weighted by molar-refractivity contribution is -0.175. The summed E-state index contributed by atoms with van der Waals surface area (Å²) in [5, 5.41) is 8.14. The van der Waals surface area contributed by atoms with Crippen LogP contribution in [-0.2, 0) is 32.1 Å². The number of amides is 3. The highest BCUT2D eigenvalue weighted by atomic mass is 35.5. The number of methoxy groups -OCH3 is 1. The zero-order valence-electron chi connectivity index (χ0n) is 27.9. The summed E-state index contributed by atoms with van der Waals surface area (Å²) in [7, 11) is 1.43. The van der Waals surface area contributed by atoms with Crippen molar-refractivity contribution in [3.63, 3.8) is 0 Å². The van der Waals surface area contributed by atoms with Crippen LogP contribution in [-0.4, -0.2) is 48.9 Å². The van der Waals surface area contributed by atoms with Gasteiger partial charge in [0.1, 0.15) is 17.8 Å². The molecular weight excluding hydrogens is 661 g/mol. The molecular formula is C36H42ClF3N4O5. The first kappa shape index (κ1) is 39.0. The van der Waals surface area contributed by atoms with Gasteiger partial charge in [-0.1, -0.05) is 87.8 Å². The number of nitrogens with two attached hydrogens (primary N) is 1. The Hall–Kier alpha value is -4.42. The van der Waals surface area contributed by atoms with Crippen LogP contribution >= 0.6 is 11.6 Å². The second-order valence-corrected chi connectivity index (χ2v) is 12.8. The van der Waals surface area contributed by atoms with Crippen LogP contribution in [0.15, 0.2) is 72.8 Å². The zero-order valence-corrected chi connectivity index (χ0v) is 28.7. The molecule has 4 unspecified atom stereocenters. The Labute approximate surface area is 289 Å². The minimum atomic E-state index is -5.20. The summed E-state index contributed by atoms with van der Waals surface area (Å²) in [6.07, 6.45) is -5.20. The van der Waals surface area contributed by atoms with Gasteiger partial charge in [0, 0.05) is 18.0 Å². The first-order valence-corrected chi connectivity index (χ1v) is 16.1. The molecule has 0 spiro atoms. The first-order chi connectivity index (χ1) is 23.0. The number of rotatable bonds is 15. The predicted molar refractivity (Wildman–Crippen MR) is 181 cm³/mol. The Bertz CT molecular complexity index is 1580. The van der Waals surface area contributed by atoms with Crippen molar-refractivity contribution in [1.29, 1.82) is 0 Å². The van der Waals surface area contributed by atoms with E-state index < -0.39 is 59.6 Å². The summed E-state index contributed by atoms with van der Waals surface area (Å²) in [6.45, 7) is 6.74. The summed E-state index contributed by atoms with van der Waals surface area (Å²) < 4.78 is 45.5. The average molecular weight is 703 g/mol. The normalized spacial score (nSPS) is 14.0. The molecule has 13 heteroatoms. The molecule has 0 fully saturated rings. The fourth-order valence-corrected chi connectivity index (χ4v) is 5.44. The van der Waals surface area contributed by atoms with E-state index in [1.807, 2.05) is 13.8 Å². The van der Waals surface area contributed by atoms with Gasteiger partial charge >= 0.3 is 6.18 Å². The highest BCUT2D eigenvalue weighted by Crippen LogP contribution is 2.27. The first-order valence-electron chi connectivity index (χ1n) is 15.7. The molecule has 0 aliphatic carbocycles. The molecule has 0 aliphatic heterocycles. The Balaban J connectivity index is 2.01. The number of Topliss-reactive ketones (excluding diaryl/α,β-unsaturated/α-hetero) is 1. The van der Waals surface area contributed by atoms with E-state index in [0.29, 0.717) is 28.4 Å². The van der Waals surface area contributed by atoms with Crippen molar-refractivity contribution in [1.82, 2.24) is 16.0 Å². The van der Waals surface area contributed by atoms with Crippen LogP contribution in [0.25, 0.3) is 0 Å². The van der Waals surface area contributed by atoms with Gasteiger partial charge in [0.15, 0.2) is 0 Å². The fraction of sp³-hybridized carbons (Fsp3) is 0.389. The van der Waals surface area contributed by atoms with Crippen LogP contribution in [0.3, 0.4) is 0 Å². The Kier molecular flexibility index (Phi) is 13.8. The van der Waals surface area contributed by atoms with Gasteiger partial charge in [-0.25, -0.2) is 0 Å². The number of benzene rings is 3. The van der Waals surface area contributed by atoms with Crippen LogP contribution in [0, 0.1) is 11.8 Å². The lowest BCUT2D eigenvalue weighted by atomic mass is 9.87. The summed E-state index contributed by atoms with van der Waals surface area (Å²) >= 11 is 6.07. The predicted octanol–water partition coefficient (Wildman–Crippen LogP) is 5.40. The van der Waals surface area contributed by atoms with Crippen molar-refractivity contribution in [3.8, 4) is 5.75 Å². The largest absolute Gasteiger partial charge is 0.497 e. The molecule has 0 bridgehead atoms. The van der Waals surface area contributed by atoms with Gasteiger partial charge in [-0.05, 0) is 58.4 Å². The molecule has 3 aromatic rings. The fourth-order valence-electron chi connectivity index (χ4n) is 5.31. The Morgan fingerprint density at radius 2 is 1.29 bits per heavy atom. The molecule has 0 radical (unpaired) electrons. The molecule has 5 N–H and O–H groups in total. The van der Waals surface area contributed by atoms with Crippen LogP contribution in [0.5, 0.6) is 5.75 Å². The molecule has 3 aromatic carbocycles. The van der Waals surface area contributed by atoms with E-state index in [9.17, 15) is 32.3 Å². The number of carbonyl (C=O) groups excluding carboxylic acids is 4. The van der Waals surface area contributed by atoms with E-state index in [1.54, 1.807) is 48.5 Å². The number of ketones is 1. The minimum absolute atomic E-state index is 0.00594. The summed E-state index contributed by atoms with van der Waals surface area (Å²) in [5.41, 5.74) is 8.13. The molecule has 9 nitrogen and oxygen atoms in total. The van der Waals surface area contributed by atoms with Crippen LogP contribution in [0.2, 0.25) is 5.02 Å². The SMILES string of the molecule is COc1ccc(C(NC(=O)C(Cc2ccc(CN)cc2)NC(=O)C(c2ccc(Cl)cc2)C(C)C)C(=O)NC(C(=O)C(F)(F)F)C(C)C)cc1. The van der Waals surface area contributed by atoms with Gasteiger partial charge in [0.05, 0.1) is 19.1 Å². The van der Waals surface area contributed by atoms with Crippen molar-refractivity contribution in [2.24, 2.45) is 17.6 Å². The molecule has 3 rings (SSSR count). The molecule has 4 atom stereocenters. The Morgan fingerprint density at radius 1 is 0.735 bits per heavy atom. The van der Waals surface area contributed by atoms with Gasteiger partial charge in [0.2, 0.25) is 17.7 Å². The molecule has 0 saturated heterocycles. The smallest absolute Gasteiger partial charge is 0.452 e. The van der Waals surface area contributed by atoms with Gasteiger partial charge in [-0.3, -0.25) is 19.2 Å². The highest BCUT2D eigenvalue weighted by molar-refractivity contribution is 6.30. The van der Waals surface area contributed by atoms with Crippen LogP contribution < -0.4 is 26.4 Å². The van der Waals surface area contributed by atoms with Crippen molar-refractivity contribution in [2.45, 2.75) is 70.9 Å². The maximum absolute atomic E-state index is 14.1. The third-order valence-electron chi connectivity index (χ3n) is 8.03. The number of alkyl halides is 3. The van der Waals surface area contributed by atoms with Crippen molar-refractivity contribution in [3.05, 3.63) is 100 Å². The summed E-state index contributed by atoms with van der Waals surface area (Å²) in [6, 6.07) is 15.2. The van der Waals surface area contributed by atoms with E-state index in [1.165, 1.54) is 45.2 Å². The molecule has 49 heavy (non-hydrogen) atoms. The Morgan fingerprint density at radius 3 is 1.78 bits per heavy atom. The van der Waals surface area contributed by atoms with Gasteiger partial charge in [-0.2, -0.15) is 13.2 Å². The van der Waals surface area contributed by atoms with Crippen molar-refractivity contribution < 1.29 is 37.1 Å². The number of hydrogen-bond acceptors (Lipinski definition) is 6. The number of ether oxygens (including phenoxy) is 1. The maximum Gasteiger partial charge on any atom is 0.452 e. The zero-order chi connectivity index (χ0) is 36.5. The number of halogens is 4. The van der Waals surface area contributed by atoms with Crippen molar-refractivity contribution >= 4 is 35.1 Å². The van der Waals surface area contributed by atoms with Gasteiger partial charge in [0.25, 0.3) is 5.78 Å². The molecule has 0 saturated carbocycles. The maximum atomic E-state index is 14.1. The van der Waals surface area contributed by atoms with Gasteiger partial charge < -0.3 is 26.4 Å².